The molecule has 5 nitrogen and oxygen atoms in total. The van der Waals surface area contributed by atoms with Crippen molar-refractivity contribution in [2.24, 2.45) is 0 Å². The minimum absolute atomic E-state index is 0.208. The highest BCUT2D eigenvalue weighted by Crippen LogP contribution is 2.49. The second kappa shape index (κ2) is 3.88. The standard InChI is InChI=1S/C15H9F2N3O2/c1-6-2-7(16)3-9-11(6)12-10(4-8(17)5-18-12)15(9)13(21)19-14(22)20-15/h2-5H,1H3,(H2,19,20,21,22). The molecular formula is C15H9F2N3O2. The molecule has 110 valence electrons. The number of rotatable bonds is 0. The summed E-state index contributed by atoms with van der Waals surface area (Å²) in [7, 11) is 0. The normalized spacial score (nSPS) is 21.6. The van der Waals surface area contributed by atoms with E-state index < -0.39 is 29.1 Å². The predicted molar refractivity (Wildman–Crippen MR) is 71.8 cm³/mol. The summed E-state index contributed by atoms with van der Waals surface area (Å²) < 4.78 is 27.5. The molecule has 1 atom stereocenters. The van der Waals surface area contributed by atoms with Crippen LogP contribution in [0.1, 0.15) is 16.7 Å². The largest absolute Gasteiger partial charge is 0.322 e. The molecule has 1 aliphatic carbocycles. The van der Waals surface area contributed by atoms with Crippen LogP contribution in [0.3, 0.4) is 0 Å². The predicted octanol–water partition coefficient (Wildman–Crippen LogP) is 1.73. The van der Waals surface area contributed by atoms with E-state index in [1.54, 1.807) is 6.92 Å². The summed E-state index contributed by atoms with van der Waals surface area (Å²) in [6.07, 6.45) is 1.03. The minimum atomic E-state index is -1.64. The molecule has 0 saturated carbocycles. The second-order valence-electron chi connectivity index (χ2n) is 5.35. The molecule has 2 aromatic rings. The first-order chi connectivity index (χ1) is 10.4. The molecule has 1 saturated heterocycles. The molecule has 22 heavy (non-hydrogen) atoms. The van der Waals surface area contributed by atoms with Crippen LogP contribution in [0, 0.1) is 18.6 Å². The van der Waals surface area contributed by atoms with Crippen LogP contribution in [-0.4, -0.2) is 16.9 Å². The molecule has 2 N–H and O–H groups in total. The summed E-state index contributed by atoms with van der Waals surface area (Å²) in [5.74, 6) is -1.86. The number of aromatic nitrogens is 1. The topological polar surface area (TPSA) is 71.1 Å². The molecule has 1 unspecified atom stereocenters. The van der Waals surface area contributed by atoms with Gasteiger partial charge in [0.2, 0.25) is 0 Å². The van der Waals surface area contributed by atoms with Crippen LogP contribution in [0.25, 0.3) is 11.3 Å². The van der Waals surface area contributed by atoms with Crippen molar-refractivity contribution < 1.29 is 18.4 Å². The van der Waals surface area contributed by atoms with E-state index in [-0.39, 0.29) is 11.1 Å². The monoisotopic (exact) mass is 301 g/mol. The molecule has 2 aliphatic rings. The Kier molecular flexibility index (Phi) is 2.27. The molecule has 2 heterocycles. The molecule has 1 aromatic carbocycles. The van der Waals surface area contributed by atoms with E-state index in [1.807, 2.05) is 0 Å². The number of imide groups is 1. The molecule has 1 fully saturated rings. The number of nitrogens with zero attached hydrogens (tertiary/aromatic N) is 1. The number of carbonyl (C=O) groups excluding carboxylic acids is 2. The first-order valence-corrected chi connectivity index (χ1v) is 6.54. The first kappa shape index (κ1) is 12.9. The lowest BCUT2D eigenvalue weighted by molar-refractivity contribution is -0.122. The summed E-state index contributed by atoms with van der Waals surface area (Å²) in [6, 6.07) is 2.91. The Labute approximate surface area is 123 Å². The number of fused-ring (bicyclic) bond motifs is 5. The lowest BCUT2D eigenvalue weighted by atomic mass is 9.87. The number of aryl methyl sites for hydroxylation is 1. The fourth-order valence-electron chi connectivity index (χ4n) is 3.26. The third-order valence-electron chi connectivity index (χ3n) is 4.07. The number of hydrogen-bond acceptors (Lipinski definition) is 3. The van der Waals surface area contributed by atoms with Gasteiger partial charge in [-0.2, -0.15) is 0 Å². The van der Waals surface area contributed by atoms with Gasteiger partial charge in [0.05, 0.1) is 11.9 Å². The highest BCUT2D eigenvalue weighted by Gasteiger charge is 2.56. The van der Waals surface area contributed by atoms with Gasteiger partial charge in [0.25, 0.3) is 5.91 Å². The third kappa shape index (κ3) is 1.37. The number of halogens is 2. The Morgan fingerprint density at radius 2 is 1.82 bits per heavy atom. The molecule has 3 amide bonds. The van der Waals surface area contributed by atoms with E-state index in [0.717, 1.165) is 12.3 Å². The van der Waals surface area contributed by atoms with Crippen molar-refractivity contribution in [1.82, 2.24) is 15.6 Å². The quantitative estimate of drug-likeness (QED) is 0.728. The zero-order valence-electron chi connectivity index (χ0n) is 11.3. The molecule has 1 aromatic heterocycles. The van der Waals surface area contributed by atoms with Gasteiger partial charge in [0.15, 0.2) is 5.54 Å². The number of urea groups is 1. The zero-order valence-corrected chi connectivity index (χ0v) is 11.3. The number of nitrogens with one attached hydrogen (secondary N) is 2. The summed E-state index contributed by atoms with van der Waals surface area (Å²) in [5.41, 5.74) is 0.297. The Bertz CT molecular complexity index is 881. The van der Waals surface area contributed by atoms with Crippen molar-refractivity contribution in [1.29, 1.82) is 0 Å². The summed E-state index contributed by atoms with van der Waals surface area (Å²) in [6.45, 7) is 1.67. The lowest BCUT2D eigenvalue weighted by Crippen LogP contribution is -2.43. The van der Waals surface area contributed by atoms with Crippen LogP contribution in [0.15, 0.2) is 24.4 Å². The van der Waals surface area contributed by atoms with Crippen molar-refractivity contribution >= 4 is 11.9 Å². The Morgan fingerprint density at radius 3 is 2.50 bits per heavy atom. The summed E-state index contributed by atoms with van der Waals surface area (Å²) in [4.78, 5) is 28.1. The van der Waals surface area contributed by atoms with E-state index in [9.17, 15) is 18.4 Å². The fourth-order valence-corrected chi connectivity index (χ4v) is 3.26. The maximum absolute atomic E-state index is 13.8. The van der Waals surface area contributed by atoms with Gasteiger partial charge in [-0.25, -0.2) is 13.6 Å². The van der Waals surface area contributed by atoms with Gasteiger partial charge >= 0.3 is 6.03 Å². The van der Waals surface area contributed by atoms with Gasteiger partial charge in [-0.3, -0.25) is 15.1 Å². The number of amides is 3. The molecule has 1 spiro atoms. The van der Waals surface area contributed by atoms with E-state index >= 15 is 0 Å². The second-order valence-corrected chi connectivity index (χ2v) is 5.35. The Hall–Kier alpha value is -2.83. The lowest BCUT2D eigenvalue weighted by Gasteiger charge is -2.22. The zero-order chi connectivity index (χ0) is 15.6. The van der Waals surface area contributed by atoms with Crippen molar-refractivity contribution in [2.75, 3.05) is 0 Å². The van der Waals surface area contributed by atoms with Crippen LogP contribution >= 0.6 is 0 Å². The van der Waals surface area contributed by atoms with Crippen LogP contribution < -0.4 is 10.6 Å². The van der Waals surface area contributed by atoms with Crippen molar-refractivity contribution in [3.8, 4) is 11.3 Å². The molecule has 0 radical (unpaired) electrons. The van der Waals surface area contributed by atoms with Crippen molar-refractivity contribution in [3.63, 3.8) is 0 Å². The number of benzene rings is 1. The molecule has 1 aliphatic heterocycles. The van der Waals surface area contributed by atoms with E-state index in [1.165, 1.54) is 12.1 Å². The number of pyridine rings is 1. The maximum Gasteiger partial charge on any atom is 0.322 e. The Balaban J connectivity index is 2.16. The van der Waals surface area contributed by atoms with Gasteiger partial charge in [0.1, 0.15) is 11.6 Å². The van der Waals surface area contributed by atoms with E-state index in [0.29, 0.717) is 16.8 Å². The SMILES string of the molecule is Cc1cc(F)cc2c1-c1ncc(F)cc1C21NC(=O)NC1=O. The number of hydrogen-bond donors (Lipinski definition) is 2. The number of carbonyl (C=O) groups is 2. The first-order valence-electron chi connectivity index (χ1n) is 6.54. The van der Waals surface area contributed by atoms with E-state index in [4.69, 9.17) is 0 Å². The smallest absolute Gasteiger partial charge is 0.316 e. The summed E-state index contributed by atoms with van der Waals surface area (Å²) in [5, 5.41) is 4.63. The highest BCUT2D eigenvalue weighted by molar-refractivity contribution is 6.13. The van der Waals surface area contributed by atoms with Gasteiger partial charge in [0, 0.05) is 16.7 Å². The molecule has 7 heteroatoms. The average Bonchev–Trinajstić information content (AvgIpc) is 2.87. The fraction of sp³-hybridized carbons (Fsp3) is 0.133. The van der Waals surface area contributed by atoms with Gasteiger partial charge in [-0.15, -0.1) is 0 Å². The molecule has 0 bridgehead atoms. The van der Waals surface area contributed by atoms with Crippen LogP contribution in [0.4, 0.5) is 13.6 Å². The third-order valence-corrected chi connectivity index (χ3v) is 4.07. The van der Waals surface area contributed by atoms with Gasteiger partial charge < -0.3 is 5.32 Å². The molecular weight excluding hydrogens is 292 g/mol. The highest BCUT2D eigenvalue weighted by atomic mass is 19.1. The summed E-state index contributed by atoms with van der Waals surface area (Å²) >= 11 is 0. The van der Waals surface area contributed by atoms with Crippen LogP contribution in [0.5, 0.6) is 0 Å². The maximum atomic E-state index is 13.8. The average molecular weight is 301 g/mol. The van der Waals surface area contributed by atoms with E-state index in [2.05, 4.69) is 15.6 Å². The van der Waals surface area contributed by atoms with Crippen LogP contribution in [-0.2, 0) is 10.3 Å². The van der Waals surface area contributed by atoms with Gasteiger partial charge in [-0.05, 0) is 30.7 Å². The Morgan fingerprint density at radius 1 is 1.09 bits per heavy atom. The van der Waals surface area contributed by atoms with Crippen molar-refractivity contribution in [2.45, 2.75) is 12.5 Å². The van der Waals surface area contributed by atoms with Gasteiger partial charge in [-0.1, -0.05) is 0 Å². The van der Waals surface area contributed by atoms with Crippen LogP contribution in [0.2, 0.25) is 0 Å². The molecule has 4 rings (SSSR count). The van der Waals surface area contributed by atoms with Crippen molar-refractivity contribution in [3.05, 3.63) is 52.7 Å². The minimum Gasteiger partial charge on any atom is -0.316 e.